The van der Waals surface area contributed by atoms with Crippen LogP contribution in [-0.2, 0) is 29.1 Å². The molecule has 0 atom stereocenters. The van der Waals surface area contributed by atoms with E-state index in [1.807, 2.05) is 66.4 Å². The number of nitrogens with zero attached hydrogens (tertiary/aromatic N) is 2. The first-order valence-electron chi connectivity index (χ1n) is 11.5. The van der Waals surface area contributed by atoms with Gasteiger partial charge in [0.05, 0.1) is 13.2 Å². The van der Waals surface area contributed by atoms with Crippen LogP contribution in [0.25, 0.3) is 0 Å². The van der Waals surface area contributed by atoms with Crippen molar-refractivity contribution in [2.24, 2.45) is 0 Å². The summed E-state index contributed by atoms with van der Waals surface area (Å²) in [6, 6.07) is 17.6. The van der Waals surface area contributed by atoms with Gasteiger partial charge in [0.15, 0.2) is 0 Å². The Hall–Kier alpha value is -3.65. The molecule has 1 aliphatic heterocycles. The minimum atomic E-state index is -0.190. The van der Waals surface area contributed by atoms with Gasteiger partial charge in [0.2, 0.25) is 11.9 Å². The quantitative estimate of drug-likeness (QED) is 0.508. The summed E-state index contributed by atoms with van der Waals surface area (Å²) in [4.78, 5) is 34.4. The standard InChI is InChI=1S/C26H30N4O4/c1-19-23(25(32)29-26(28-19)30-12-14-33-15-13-30)10-11-24(31)27-17-21-8-5-9-22(16-21)34-18-20-6-3-2-4-7-20/h2-9,16H,10-15,17-18H2,1H3,(H,27,31)(H,28,29,32). The topological polar surface area (TPSA) is 96.6 Å². The molecule has 34 heavy (non-hydrogen) atoms. The third-order valence-electron chi connectivity index (χ3n) is 5.76. The summed E-state index contributed by atoms with van der Waals surface area (Å²) >= 11 is 0. The number of carbonyl (C=O) groups excluding carboxylic acids is 1. The molecule has 1 fully saturated rings. The molecule has 0 bridgehead atoms. The van der Waals surface area contributed by atoms with Crippen LogP contribution in [0.4, 0.5) is 5.95 Å². The Kier molecular flexibility index (Phi) is 7.93. The minimum absolute atomic E-state index is 0.119. The van der Waals surface area contributed by atoms with E-state index in [2.05, 4.69) is 15.3 Å². The van der Waals surface area contributed by atoms with Crippen LogP contribution in [0.5, 0.6) is 5.75 Å². The van der Waals surface area contributed by atoms with Gasteiger partial charge in [-0.25, -0.2) is 4.98 Å². The summed E-state index contributed by atoms with van der Waals surface area (Å²) in [7, 11) is 0. The Balaban J connectivity index is 1.27. The van der Waals surface area contributed by atoms with Crippen molar-refractivity contribution >= 4 is 11.9 Å². The van der Waals surface area contributed by atoms with E-state index in [4.69, 9.17) is 9.47 Å². The van der Waals surface area contributed by atoms with Gasteiger partial charge in [-0.1, -0.05) is 42.5 Å². The van der Waals surface area contributed by atoms with Crippen molar-refractivity contribution in [2.45, 2.75) is 32.9 Å². The van der Waals surface area contributed by atoms with E-state index in [9.17, 15) is 9.59 Å². The van der Waals surface area contributed by atoms with E-state index >= 15 is 0 Å². The largest absolute Gasteiger partial charge is 0.489 e. The maximum Gasteiger partial charge on any atom is 0.255 e. The molecule has 1 aromatic heterocycles. The lowest BCUT2D eigenvalue weighted by atomic mass is 10.1. The van der Waals surface area contributed by atoms with Crippen molar-refractivity contribution in [1.29, 1.82) is 0 Å². The predicted molar refractivity (Wildman–Crippen MR) is 130 cm³/mol. The number of morpholine rings is 1. The number of ether oxygens (including phenoxy) is 2. The third-order valence-corrected chi connectivity index (χ3v) is 5.76. The Morgan fingerprint density at radius 2 is 1.88 bits per heavy atom. The van der Waals surface area contributed by atoms with Crippen LogP contribution in [0, 0.1) is 6.92 Å². The predicted octanol–water partition coefficient (Wildman–Crippen LogP) is 2.74. The number of hydrogen-bond acceptors (Lipinski definition) is 6. The van der Waals surface area contributed by atoms with Crippen LogP contribution >= 0.6 is 0 Å². The maximum absolute atomic E-state index is 12.6. The Labute approximate surface area is 198 Å². The molecule has 1 aliphatic rings. The zero-order valence-electron chi connectivity index (χ0n) is 19.4. The summed E-state index contributed by atoms with van der Waals surface area (Å²) in [6.07, 6.45) is 0.552. The molecule has 0 aliphatic carbocycles. The normalized spacial score (nSPS) is 13.5. The number of anilines is 1. The van der Waals surface area contributed by atoms with Gasteiger partial charge >= 0.3 is 0 Å². The number of aromatic amines is 1. The van der Waals surface area contributed by atoms with Gasteiger partial charge in [0, 0.05) is 37.3 Å². The second-order valence-corrected chi connectivity index (χ2v) is 8.25. The van der Waals surface area contributed by atoms with E-state index < -0.39 is 0 Å². The first kappa shape index (κ1) is 23.5. The lowest BCUT2D eigenvalue weighted by molar-refractivity contribution is -0.121. The maximum atomic E-state index is 12.6. The number of aromatic nitrogens is 2. The number of amides is 1. The van der Waals surface area contributed by atoms with Gasteiger partial charge in [0.25, 0.3) is 5.56 Å². The molecule has 3 aromatic rings. The average molecular weight is 463 g/mol. The molecule has 4 rings (SSSR count). The second-order valence-electron chi connectivity index (χ2n) is 8.25. The van der Waals surface area contributed by atoms with E-state index in [1.54, 1.807) is 0 Å². The van der Waals surface area contributed by atoms with Crippen LogP contribution in [0.1, 0.15) is 28.8 Å². The van der Waals surface area contributed by atoms with E-state index in [0.717, 1.165) is 16.9 Å². The van der Waals surface area contributed by atoms with Crippen LogP contribution < -0.4 is 20.5 Å². The Morgan fingerprint density at radius 3 is 2.65 bits per heavy atom. The molecule has 178 valence electrons. The zero-order valence-corrected chi connectivity index (χ0v) is 19.4. The molecule has 0 radical (unpaired) electrons. The molecule has 2 N–H and O–H groups in total. The lowest BCUT2D eigenvalue weighted by Gasteiger charge is -2.27. The molecule has 0 spiro atoms. The smallest absolute Gasteiger partial charge is 0.255 e. The number of carbonyl (C=O) groups is 1. The molecule has 1 saturated heterocycles. The molecule has 8 nitrogen and oxygen atoms in total. The fourth-order valence-electron chi connectivity index (χ4n) is 3.83. The molecule has 0 unspecified atom stereocenters. The van der Waals surface area contributed by atoms with Crippen LogP contribution in [0.15, 0.2) is 59.4 Å². The summed E-state index contributed by atoms with van der Waals surface area (Å²) in [6.45, 7) is 5.33. The van der Waals surface area contributed by atoms with Gasteiger partial charge in [-0.3, -0.25) is 14.6 Å². The first-order valence-corrected chi connectivity index (χ1v) is 11.5. The van der Waals surface area contributed by atoms with Gasteiger partial charge in [-0.05, 0) is 36.6 Å². The minimum Gasteiger partial charge on any atom is -0.489 e. The molecule has 8 heteroatoms. The number of nitrogens with one attached hydrogen (secondary N) is 2. The van der Waals surface area contributed by atoms with E-state index in [0.29, 0.717) is 63.1 Å². The highest BCUT2D eigenvalue weighted by atomic mass is 16.5. The van der Waals surface area contributed by atoms with Gasteiger partial charge in [-0.2, -0.15) is 0 Å². The lowest BCUT2D eigenvalue weighted by Crippen LogP contribution is -2.38. The van der Waals surface area contributed by atoms with Crippen molar-refractivity contribution in [1.82, 2.24) is 15.3 Å². The van der Waals surface area contributed by atoms with Gasteiger partial charge in [0.1, 0.15) is 12.4 Å². The van der Waals surface area contributed by atoms with Gasteiger partial charge in [-0.15, -0.1) is 0 Å². The fourth-order valence-corrected chi connectivity index (χ4v) is 3.83. The number of benzene rings is 2. The number of H-pyrrole nitrogens is 1. The average Bonchev–Trinajstić information content (AvgIpc) is 2.87. The van der Waals surface area contributed by atoms with Crippen LogP contribution in [0.2, 0.25) is 0 Å². The summed E-state index contributed by atoms with van der Waals surface area (Å²) in [5.41, 5.74) is 3.05. The highest BCUT2D eigenvalue weighted by molar-refractivity contribution is 5.76. The zero-order chi connectivity index (χ0) is 23.8. The molecular formula is C26H30N4O4. The fraction of sp³-hybridized carbons (Fsp3) is 0.346. The van der Waals surface area contributed by atoms with Gasteiger partial charge < -0.3 is 19.7 Å². The Bertz CT molecular complexity index is 1160. The van der Waals surface area contributed by atoms with Crippen molar-refractivity contribution in [3.05, 3.63) is 87.3 Å². The summed E-state index contributed by atoms with van der Waals surface area (Å²) in [5.74, 6) is 1.20. The van der Waals surface area contributed by atoms with Crippen molar-refractivity contribution in [2.75, 3.05) is 31.2 Å². The van der Waals surface area contributed by atoms with Crippen LogP contribution in [0.3, 0.4) is 0 Å². The second kappa shape index (κ2) is 11.5. The molecule has 0 saturated carbocycles. The monoisotopic (exact) mass is 462 g/mol. The number of aryl methyl sites for hydroxylation is 1. The number of rotatable bonds is 9. The highest BCUT2D eigenvalue weighted by Gasteiger charge is 2.16. The van der Waals surface area contributed by atoms with E-state index in [1.165, 1.54) is 0 Å². The molecular weight excluding hydrogens is 432 g/mol. The summed E-state index contributed by atoms with van der Waals surface area (Å²) in [5, 5.41) is 2.92. The van der Waals surface area contributed by atoms with E-state index in [-0.39, 0.29) is 17.9 Å². The SMILES string of the molecule is Cc1nc(N2CCOCC2)[nH]c(=O)c1CCC(=O)NCc1cccc(OCc2ccccc2)c1. The van der Waals surface area contributed by atoms with Crippen molar-refractivity contribution < 1.29 is 14.3 Å². The molecule has 1 amide bonds. The van der Waals surface area contributed by atoms with Crippen molar-refractivity contribution in [3.63, 3.8) is 0 Å². The van der Waals surface area contributed by atoms with Crippen molar-refractivity contribution in [3.8, 4) is 5.75 Å². The molecule has 2 aromatic carbocycles. The third kappa shape index (κ3) is 6.45. The van der Waals surface area contributed by atoms with Crippen LogP contribution in [-0.4, -0.2) is 42.2 Å². The molecule has 2 heterocycles. The first-order chi connectivity index (χ1) is 16.6. The Morgan fingerprint density at radius 1 is 1.12 bits per heavy atom. The highest BCUT2D eigenvalue weighted by Crippen LogP contribution is 2.16. The summed E-state index contributed by atoms with van der Waals surface area (Å²) < 4.78 is 11.2. The number of hydrogen-bond donors (Lipinski definition) is 2.